The average molecular weight is 326 g/mol. The van der Waals surface area contributed by atoms with Gasteiger partial charge in [-0.25, -0.2) is 4.79 Å². The summed E-state index contributed by atoms with van der Waals surface area (Å²) in [5, 5.41) is 2.50. The van der Waals surface area contributed by atoms with Gasteiger partial charge in [0.2, 0.25) is 11.8 Å². The molecule has 4 atom stereocenters. The van der Waals surface area contributed by atoms with Crippen LogP contribution in [0, 0.1) is 23.7 Å². The number of amides is 3. The SMILES string of the molecule is O=C(NCN1C(=O)[C@@H]2[C@H](C1=O)[C@H]1C=C[C@H]2C1)OCc1ccccc1. The van der Waals surface area contributed by atoms with E-state index in [4.69, 9.17) is 4.74 Å². The normalized spacial score (nSPS) is 29.9. The van der Waals surface area contributed by atoms with E-state index < -0.39 is 6.09 Å². The molecule has 0 unspecified atom stereocenters. The third-order valence-corrected chi connectivity index (χ3v) is 5.16. The molecule has 1 saturated carbocycles. The van der Waals surface area contributed by atoms with Crippen molar-refractivity contribution in [2.75, 3.05) is 6.67 Å². The highest BCUT2D eigenvalue weighted by atomic mass is 16.5. The molecule has 24 heavy (non-hydrogen) atoms. The molecule has 4 rings (SSSR count). The van der Waals surface area contributed by atoms with Gasteiger partial charge in [0.1, 0.15) is 13.3 Å². The zero-order valence-corrected chi connectivity index (χ0v) is 13.1. The van der Waals surface area contributed by atoms with Crippen LogP contribution in [0.1, 0.15) is 12.0 Å². The molecule has 1 heterocycles. The molecule has 0 radical (unpaired) electrons. The molecule has 2 bridgehead atoms. The van der Waals surface area contributed by atoms with Crippen LogP contribution in [0.15, 0.2) is 42.5 Å². The fourth-order valence-electron chi connectivity index (χ4n) is 4.04. The summed E-state index contributed by atoms with van der Waals surface area (Å²) in [6, 6.07) is 9.31. The Hall–Kier alpha value is -2.63. The minimum absolute atomic E-state index is 0.127. The number of alkyl carbamates (subject to hydrolysis) is 1. The van der Waals surface area contributed by atoms with E-state index >= 15 is 0 Å². The smallest absolute Gasteiger partial charge is 0.408 e. The molecule has 124 valence electrons. The van der Waals surface area contributed by atoms with Gasteiger partial charge in [-0.3, -0.25) is 14.5 Å². The summed E-state index contributed by atoms with van der Waals surface area (Å²) in [7, 11) is 0. The van der Waals surface area contributed by atoms with E-state index in [9.17, 15) is 14.4 Å². The van der Waals surface area contributed by atoms with Gasteiger partial charge < -0.3 is 10.1 Å². The predicted molar refractivity (Wildman–Crippen MR) is 84.2 cm³/mol. The monoisotopic (exact) mass is 326 g/mol. The van der Waals surface area contributed by atoms with Crippen LogP contribution in [-0.4, -0.2) is 29.5 Å². The van der Waals surface area contributed by atoms with Crippen molar-refractivity contribution in [1.29, 1.82) is 0 Å². The molecular formula is C18H18N2O4. The molecule has 2 fully saturated rings. The largest absolute Gasteiger partial charge is 0.445 e. The first-order chi connectivity index (χ1) is 11.6. The van der Waals surface area contributed by atoms with Crippen molar-refractivity contribution in [1.82, 2.24) is 10.2 Å². The number of hydrogen-bond acceptors (Lipinski definition) is 4. The highest BCUT2D eigenvalue weighted by Gasteiger charge is 2.59. The fraction of sp³-hybridized carbons (Fsp3) is 0.389. The standard InChI is InChI=1S/C18H18N2O4/c21-16-14-12-6-7-13(8-12)15(14)17(22)20(16)10-19-18(23)24-9-11-4-2-1-3-5-11/h1-7,12-15H,8-10H2,(H,19,23)/t12-,13-,14-,15+/m0/s1. The second kappa shape index (κ2) is 5.78. The second-order valence-corrected chi connectivity index (χ2v) is 6.50. The van der Waals surface area contributed by atoms with E-state index in [0.29, 0.717) is 0 Å². The maximum Gasteiger partial charge on any atom is 0.408 e. The van der Waals surface area contributed by atoms with Crippen LogP contribution in [-0.2, 0) is 20.9 Å². The number of likely N-dealkylation sites (tertiary alicyclic amines) is 1. The lowest BCUT2D eigenvalue weighted by Crippen LogP contribution is -2.42. The van der Waals surface area contributed by atoms with E-state index in [1.807, 2.05) is 42.5 Å². The molecule has 1 aromatic carbocycles. The maximum atomic E-state index is 12.5. The van der Waals surface area contributed by atoms with Crippen molar-refractivity contribution >= 4 is 17.9 Å². The quantitative estimate of drug-likeness (QED) is 0.675. The zero-order chi connectivity index (χ0) is 16.7. The number of benzene rings is 1. The Morgan fingerprint density at radius 3 is 2.33 bits per heavy atom. The molecule has 1 N–H and O–H groups in total. The van der Waals surface area contributed by atoms with Crippen LogP contribution in [0.2, 0.25) is 0 Å². The van der Waals surface area contributed by atoms with Gasteiger partial charge in [-0.05, 0) is 23.8 Å². The molecule has 0 spiro atoms. The number of ether oxygens (including phenoxy) is 1. The van der Waals surface area contributed by atoms with Crippen LogP contribution in [0.3, 0.4) is 0 Å². The van der Waals surface area contributed by atoms with Crippen molar-refractivity contribution < 1.29 is 19.1 Å². The highest BCUT2D eigenvalue weighted by Crippen LogP contribution is 2.52. The average Bonchev–Trinajstić information content (AvgIpc) is 3.27. The van der Waals surface area contributed by atoms with Crippen molar-refractivity contribution in [2.45, 2.75) is 13.0 Å². The molecular weight excluding hydrogens is 308 g/mol. The number of imide groups is 1. The molecule has 6 heteroatoms. The Balaban J connectivity index is 1.31. The summed E-state index contributed by atoms with van der Waals surface area (Å²) in [5.74, 6) is -0.488. The highest BCUT2D eigenvalue weighted by molar-refractivity contribution is 6.06. The lowest BCUT2D eigenvalue weighted by atomic mass is 9.85. The van der Waals surface area contributed by atoms with Gasteiger partial charge in [0.05, 0.1) is 11.8 Å². The van der Waals surface area contributed by atoms with Gasteiger partial charge in [-0.2, -0.15) is 0 Å². The van der Waals surface area contributed by atoms with Gasteiger partial charge >= 0.3 is 6.09 Å². The third kappa shape index (κ3) is 2.38. The van der Waals surface area contributed by atoms with Crippen LogP contribution in [0.25, 0.3) is 0 Å². The van der Waals surface area contributed by atoms with Crippen molar-refractivity contribution in [3.63, 3.8) is 0 Å². The topological polar surface area (TPSA) is 75.7 Å². The molecule has 1 aliphatic heterocycles. The van der Waals surface area contributed by atoms with Crippen LogP contribution in [0.4, 0.5) is 4.79 Å². The Bertz CT molecular complexity index is 685. The third-order valence-electron chi connectivity index (χ3n) is 5.16. The molecule has 2 aliphatic carbocycles. The number of carbonyl (C=O) groups excluding carboxylic acids is 3. The summed E-state index contributed by atoms with van der Waals surface area (Å²) < 4.78 is 5.10. The molecule has 1 aromatic rings. The summed E-state index contributed by atoms with van der Waals surface area (Å²) in [5.41, 5.74) is 0.873. The summed E-state index contributed by atoms with van der Waals surface area (Å²) in [6.45, 7) is 0.0195. The number of fused-ring (bicyclic) bond motifs is 5. The van der Waals surface area contributed by atoms with E-state index in [1.54, 1.807) is 0 Å². The minimum Gasteiger partial charge on any atom is -0.445 e. The number of nitrogens with one attached hydrogen (secondary N) is 1. The Kier molecular flexibility index (Phi) is 3.59. The van der Waals surface area contributed by atoms with Gasteiger partial charge in [-0.15, -0.1) is 0 Å². The van der Waals surface area contributed by atoms with Crippen LogP contribution < -0.4 is 5.32 Å². The Morgan fingerprint density at radius 2 is 1.71 bits per heavy atom. The Morgan fingerprint density at radius 1 is 1.08 bits per heavy atom. The lowest BCUT2D eigenvalue weighted by molar-refractivity contribution is -0.140. The van der Waals surface area contributed by atoms with Crippen LogP contribution >= 0.6 is 0 Å². The zero-order valence-electron chi connectivity index (χ0n) is 13.1. The number of carbonyl (C=O) groups is 3. The molecule has 3 aliphatic rings. The van der Waals surface area contributed by atoms with E-state index in [0.717, 1.165) is 16.9 Å². The predicted octanol–water partition coefficient (Wildman–Crippen LogP) is 1.68. The van der Waals surface area contributed by atoms with Crippen molar-refractivity contribution in [3.8, 4) is 0 Å². The van der Waals surface area contributed by atoms with Gasteiger partial charge in [0.15, 0.2) is 0 Å². The van der Waals surface area contributed by atoms with Gasteiger partial charge in [0.25, 0.3) is 0 Å². The first kappa shape index (κ1) is 14.9. The minimum atomic E-state index is -0.641. The molecule has 0 aromatic heterocycles. The second-order valence-electron chi connectivity index (χ2n) is 6.50. The first-order valence-electron chi connectivity index (χ1n) is 8.13. The molecule has 6 nitrogen and oxygen atoms in total. The summed E-state index contributed by atoms with van der Waals surface area (Å²) in [4.78, 5) is 37.9. The number of rotatable bonds is 4. The lowest BCUT2D eigenvalue weighted by Gasteiger charge is -2.17. The van der Waals surface area contributed by atoms with Crippen molar-refractivity contribution in [2.24, 2.45) is 23.7 Å². The number of nitrogens with zero attached hydrogens (tertiary/aromatic N) is 1. The summed E-state index contributed by atoms with van der Waals surface area (Å²) >= 11 is 0. The number of hydrogen-bond donors (Lipinski definition) is 1. The molecule has 3 amide bonds. The van der Waals surface area contributed by atoms with Gasteiger partial charge in [0, 0.05) is 0 Å². The van der Waals surface area contributed by atoms with Crippen LogP contribution in [0.5, 0.6) is 0 Å². The molecule has 1 saturated heterocycles. The Labute approximate surface area is 139 Å². The fourth-order valence-corrected chi connectivity index (χ4v) is 4.04. The first-order valence-corrected chi connectivity index (χ1v) is 8.13. The van der Waals surface area contributed by atoms with E-state index in [-0.39, 0.29) is 48.8 Å². The summed E-state index contributed by atoms with van der Waals surface area (Å²) in [6.07, 6.45) is 4.34. The number of allylic oxidation sites excluding steroid dienone is 2. The van der Waals surface area contributed by atoms with Gasteiger partial charge in [-0.1, -0.05) is 42.5 Å². The maximum absolute atomic E-state index is 12.5. The van der Waals surface area contributed by atoms with E-state index in [2.05, 4.69) is 5.32 Å². The van der Waals surface area contributed by atoms with Crippen molar-refractivity contribution in [3.05, 3.63) is 48.0 Å². The van der Waals surface area contributed by atoms with E-state index in [1.165, 1.54) is 0 Å².